The van der Waals surface area contributed by atoms with Crippen LogP contribution in [0, 0.1) is 12.8 Å². The lowest BCUT2D eigenvalue weighted by Crippen LogP contribution is -2.43. The van der Waals surface area contributed by atoms with Gasteiger partial charge in [-0.05, 0) is 43.4 Å². The highest BCUT2D eigenvalue weighted by Crippen LogP contribution is 2.24. The number of urea groups is 1. The molecule has 2 amide bonds. The van der Waals surface area contributed by atoms with Crippen LogP contribution < -0.4 is 5.32 Å². The van der Waals surface area contributed by atoms with Crippen LogP contribution in [0.5, 0.6) is 0 Å². The molecule has 1 aromatic rings. The quantitative estimate of drug-likeness (QED) is 0.877. The smallest absolute Gasteiger partial charge is 0.321 e. The van der Waals surface area contributed by atoms with Crippen molar-refractivity contribution in [2.75, 3.05) is 25.0 Å². The van der Waals surface area contributed by atoms with Gasteiger partial charge in [0.25, 0.3) is 0 Å². The number of likely N-dealkylation sites (tertiary alicyclic amines) is 1. The van der Waals surface area contributed by atoms with Gasteiger partial charge in [-0.15, -0.1) is 0 Å². The van der Waals surface area contributed by atoms with Crippen LogP contribution >= 0.6 is 15.9 Å². The molecule has 0 spiro atoms. The Bertz CT molecular complexity index is 465. The molecule has 0 radical (unpaired) electrons. The fraction of sp³-hybridized carbons (Fsp3) is 0.500. The molecule has 1 aromatic carbocycles. The maximum Gasteiger partial charge on any atom is 0.321 e. The van der Waals surface area contributed by atoms with Gasteiger partial charge in [-0.1, -0.05) is 22.0 Å². The maximum absolute atomic E-state index is 12.2. The average molecular weight is 327 g/mol. The van der Waals surface area contributed by atoms with Crippen molar-refractivity contribution in [3.05, 3.63) is 28.2 Å². The molecular weight excluding hydrogens is 308 g/mol. The van der Waals surface area contributed by atoms with Crippen LogP contribution in [-0.2, 0) is 0 Å². The topological polar surface area (TPSA) is 52.6 Å². The van der Waals surface area contributed by atoms with Crippen molar-refractivity contribution in [2.45, 2.75) is 19.8 Å². The zero-order chi connectivity index (χ0) is 13.8. The monoisotopic (exact) mass is 326 g/mol. The molecular formula is C14H19BrN2O2. The SMILES string of the molecule is Cc1c(Br)cccc1NC(=O)N1CCCC(CO)C1. The predicted octanol–water partition coefficient (Wildman–Crippen LogP) is 2.99. The number of carbonyl (C=O) groups excluding carboxylic acids is 1. The van der Waals surface area contributed by atoms with Gasteiger partial charge >= 0.3 is 6.03 Å². The Labute approximate surface area is 121 Å². The third kappa shape index (κ3) is 3.48. The highest BCUT2D eigenvalue weighted by Gasteiger charge is 2.23. The Hall–Kier alpha value is -1.07. The molecule has 5 heteroatoms. The molecule has 1 fully saturated rings. The van der Waals surface area contributed by atoms with Gasteiger partial charge in [-0.2, -0.15) is 0 Å². The minimum absolute atomic E-state index is 0.0839. The minimum Gasteiger partial charge on any atom is -0.396 e. The Balaban J connectivity index is 2.02. The van der Waals surface area contributed by atoms with E-state index in [2.05, 4.69) is 21.2 Å². The Kier molecular flexibility index (Phi) is 4.82. The average Bonchev–Trinajstić information content (AvgIpc) is 2.44. The summed E-state index contributed by atoms with van der Waals surface area (Å²) in [4.78, 5) is 14.0. The Morgan fingerprint density at radius 1 is 1.58 bits per heavy atom. The van der Waals surface area contributed by atoms with Crippen molar-refractivity contribution >= 4 is 27.6 Å². The summed E-state index contributed by atoms with van der Waals surface area (Å²) in [6.07, 6.45) is 1.95. The van der Waals surface area contributed by atoms with Gasteiger partial charge in [0.1, 0.15) is 0 Å². The summed E-state index contributed by atoms with van der Waals surface area (Å²) < 4.78 is 0.983. The van der Waals surface area contributed by atoms with E-state index in [0.29, 0.717) is 6.54 Å². The lowest BCUT2D eigenvalue weighted by Gasteiger charge is -2.32. The molecule has 1 unspecified atom stereocenters. The van der Waals surface area contributed by atoms with Crippen LogP contribution in [0.25, 0.3) is 0 Å². The first-order chi connectivity index (χ1) is 9.11. The first-order valence-corrected chi connectivity index (χ1v) is 7.33. The van der Waals surface area contributed by atoms with Crippen molar-refractivity contribution in [1.29, 1.82) is 0 Å². The van der Waals surface area contributed by atoms with E-state index in [1.54, 1.807) is 4.90 Å². The van der Waals surface area contributed by atoms with Crippen LogP contribution in [0.3, 0.4) is 0 Å². The highest BCUT2D eigenvalue weighted by atomic mass is 79.9. The van der Waals surface area contributed by atoms with Gasteiger partial charge in [0.05, 0.1) is 0 Å². The standard InChI is InChI=1S/C14H19BrN2O2/c1-10-12(15)5-2-6-13(10)16-14(19)17-7-3-4-11(8-17)9-18/h2,5-6,11,18H,3-4,7-9H2,1H3,(H,16,19). The van der Waals surface area contributed by atoms with Gasteiger partial charge < -0.3 is 15.3 Å². The van der Waals surface area contributed by atoms with E-state index in [0.717, 1.165) is 35.1 Å². The van der Waals surface area contributed by atoms with Crippen molar-refractivity contribution in [2.24, 2.45) is 5.92 Å². The second-order valence-electron chi connectivity index (χ2n) is 4.98. The van der Waals surface area contributed by atoms with Gasteiger partial charge in [-0.25, -0.2) is 4.79 Å². The summed E-state index contributed by atoms with van der Waals surface area (Å²) in [7, 11) is 0. The van der Waals surface area contributed by atoms with Gasteiger partial charge in [0.15, 0.2) is 0 Å². The number of amides is 2. The zero-order valence-electron chi connectivity index (χ0n) is 11.0. The number of aliphatic hydroxyl groups is 1. The highest BCUT2D eigenvalue weighted by molar-refractivity contribution is 9.10. The summed E-state index contributed by atoms with van der Waals surface area (Å²) in [5.74, 6) is 0.211. The van der Waals surface area contributed by atoms with Crippen LogP contribution in [0.15, 0.2) is 22.7 Å². The van der Waals surface area contributed by atoms with E-state index in [-0.39, 0.29) is 18.6 Å². The van der Waals surface area contributed by atoms with Gasteiger partial charge in [-0.3, -0.25) is 0 Å². The number of halogens is 1. The van der Waals surface area contributed by atoms with Crippen molar-refractivity contribution in [3.8, 4) is 0 Å². The number of nitrogens with one attached hydrogen (secondary N) is 1. The lowest BCUT2D eigenvalue weighted by atomic mass is 9.99. The summed E-state index contributed by atoms with van der Waals surface area (Å²) in [5, 5.41) is 12.1. The molecule has 1 aliphatic rings. The number of aliphatic hydroxyl groups excluding tert-OH is 1. The van der Waals surface area contributed by atoms with E-state index >= 15 is 0 Å². The normalized spacial score (nSPS) is 19.3. The van der Waals surface area contributed by atoms with Crippen molar-refractivity contribution < 1.29 is 9.90 Å². The largest absolute Gasteiger partial charge is 0.396 e. The summed E-state index contributed by atoms with van der Waals surface area (Å²) >= 11 is 3.45. The number of piperidine rings is 1. The second kappa shape index (κ2) is 6.39. The molecule has 2 N–H and O–H groups in total. The number of anilines is 1. The molecule has 0 bridgehead atoms. The van der Waals surface area contributed by atoms with Gasteiger partial charge in [0.2, 0.25) is 0 Å². The number of benzene rings is 1. The fourth-order valence-electron chi connectivity index (χ4n) is 2.34. The van der Waals surface area contributed by atoms with E-state index in [1.165, 1.54) is 0 Å². The number of rotatable bonds is 2. The number of carbonyl (C=O) groups is 1. The molecule has 19 heavy (non-hydrogen) atoms. The summed E-state index contributed by atoms with van der Waals surface area (Å²) in [5.41, 5.74) is 1.84. The Morgan fingerprint density at radius 2 is 2.37 bits per heavy atom. The molecule has 1 aliphatic heterocycles. The molecule has 1 saturated heterocycles. The fourth-order valence-corrected chi connectivity index (χ4v) is 2.70. The summed E-state index contributed by atoms with van der Waals surface area (Å²) in [6.45, 7) is 3.51. The molecule has 104 valence electrons. The molecule has 1 heterocycles. The first-order valence-electron chi connectivity index (χ1n) is 6.53. The molecule has 0 aliphatic carbocycles. The van der Waals surface area contributed by atoms with Crippen LogP contribution in [-0.4, -0.2) is 35.7 Å². The minimum atomic E-state index is -0.0839. The predicted molar refractivity (Wildman–Crippen MR) is 79.3 cm³/mol. The number of hydrogen-bond acceptors (Lipinski definition) is 2. The van der Waals surface area contributed by atoms with Crippen molar-refractivity contribution in [1.82, 2.24) is 4.90 Å². The van der Waals surface area contributed by atoms with Crippen LogP contribution in [0.4, 0.5) is 10.5 Å². The van der Waals surface area contributed by atoms with E-state index < -0.39 is 0 Å². The third-order valence-electron chi connectivity index (χ3n) is 3.57. The molecule has 1 atom stereocenters. The summed E-state index contributed by atoms with van der Waals surface area (Å²) in [6, 6.07) is 5.66. The second-order valence-corrected chi connectivity index (χ2v) is 5.83. The molecule has 0 saturated carbocycles. The van der Waals surface area contributed by atoms with Crippen molar-refractivity contribution in [3.63, 3.8) is 0 Å². The molecule has 2 rings (SSSR count). The third-order valence-corrected chi connectivity index (χ3v) is 4.43. The van der Waals surface area contributed by atoms with Gasteiger partial charge in [0, 0.05) is 29.9 Å². The lowest BCUT2D eigenvalue weighted by molar-refractivity contribution is 0.136. The first kappa shape index (κ1) is 14.3. The van der Waals surface area contributed by atoms with Crippen LogP contribution in [0.1, 0.15) is 18.4 Å². The molecule has 0 aromatic heterocycles. The zero-order valence-corrected chi connectivity index (χ0v) is 12.6. The Morgan fingerprint density at radius 3 is 3.11 bits per heavy atom. The molecule has 4 nitrogen and oxygen atoms in total. The van der Waals surface area contributed by atoms with E-state index in [9.17, 15) is 9.90 Å². The number of nitrogens with zero attached hydrogens (tertiary/aromatic N) is 1. The van der Waals surface area contributed by atoms with E-state index in [1.807, 2.05) is 25.1 Å². The van der Waals surface area contributed by atoms with E-state index in [4.69, 9.17) is 0 Å². The van der Waals surface area contributed by atoms with Crippen LogP contribution in [0.2, 0.25) is 0 Å². The maximum atomic E-state index is 12.2. The number of hydrogen-bond donors (Lipinski definition) is 2.